The molecule has 0 aliphatic carbocycles. The van der Waals surface area contributed by atoms with E-state index < -0.39 is 5.97 Å². The molecule has 0 saturated carbocycles. The first kappa shape index (κ1) is 19.0. The standard InChI is InChI=1S/2C4H10O.C2H4O2/c2*1-3-5-4-2;1-2(3)4/h2*3-4H2,1-2H3;1H3,(H,3,4). The number of rotatable bonds is 4. The van der Waals surface area contributed by atoms with Crippen LogP contribution < -0.4 is 0 Å². The molecular formula is C10H24O4. The van der Waals surface area contributed by atoms with Crippen molar-refractivity contribution in [3.05, 3.63) is 0 Å². The fourth-order valence-corrected chi connectivity index (χ4v) is 0.408. The highest BCUT2D eigenvalue weighted by Gasteiger charge is 1.65. The van der Waals surface area contributed by atoms with Crippen LogP contribution in [0.2, 0.25) is 0 Å². The van der Waals surface area contributed by atoms with Crippen molar-refractivity contribution in [2.24, 2.45) is 0 Å². The summed E-state index contributed by atoms with van der Waals surface area (Å²) in [6.45, 7) is 12.4. The molecule has 0 heterocycles. The molecule has 0 bridgehead atoms. The smallest absolute Gasteiger partial charge is 0.300 e. The molecule has 0 spiro atoms. The molecule has 0 aliphatic heterocycles. The van der Waals surface area contributed by atoms with Crippen LogP contribution in [0.15, 0.2) is 0 Å². The van der Waals surface area contributed by atoms with Gasteiger partial charge in [0.15, 0.2) is 0 Å². The molecule has 14 heavy (non-hydrogen) atoms. The zero-order chi connectivity index (χ0) is 11.8. The van der Waals surface area contributed by atoms with Gasteiger partial charge in [-0.1, -0.05) is 0 Å². The van der Waals surface area contributed by atoms with Crippen LogP contribution in [-0.2, 0) is 14.3 Å². The fraction of sp³-hybridized carbons (Fsp3) is 0.900. The minimum Gasteiger partial charge on any atom is -0.481 e. The summed E-state index contributed by atoms with van der Waals surface area (Å²) in [6, 6.07) is 0. The Morgan fingerprint density at radius 2 is 1.07 bits per heavy atom. The first-order valence-corrected chi connectivity index (χ1v) is 4.91. The summed E-state index contributed by atoms with van der Waals surface area (Å²) in [5, 5.41) is 7.42. The zero-order valence-corrected chi connectivity index (χ0v) is 10.0. The Bertz CT molecular complexity index is 80.1. The average Bonchev–Trinajstić information content (AvgIpc) is 2.07. The van der Waals surface area contributed by atoms with Crippen LogP contribution in [-0.4, -0.2) is 37.5 Å². The number of ether oxygens (including phenoxy) is 2. The van der Waals surface area contributed by atoms with Crippen LogP contribution in [0, 0.1) is 0 Å². The molecule has 0 aromatic carbocycles. The SMILES string of the molecule is CC(=O)O.CCOCC.CCOCC. The van der Waals surface area contributed by atoms with E-state index in [1.54, 1.807) is 0 Å². The van der Waals surface area contributed by atoms with Crippen LogP contribution in [0.4, 0.5) is 0 Å². The molecule has 0 aromatic rings. The van der Waals surface area contributed by atoms with Crippen LogP contribution in [0.3, 0.4) is 0 Å². The Morgan fingerprint density at radius 1 is 0.929 bits per heavy atom. The monoisotopic (exact) mass is 208 g/mol. The summed E-state index contributed by atoms with van der Waals surface area (Å²) in [5.74, 6) is -0.833. The molecule has 0 radical (unpaired) electrons. The minimum absolute atomic E-state index is 0.833. The van der Waals surface area contributed by atoms with Crippen LogP contribution in [0.1, 0.15) is 34.6 Å². The Labute approximate surface area is 87.2 Å². The molecule has 4 nitrogen and oxygen atoms in total. The Morgan fingerprint density at radius 3 is 1.07 bits per heavy atom. The van der Waals surface area contributed by atoms with Gasteiger partial charge in [0.05, 0.1) is 0 Å². The van der Waals surface area contributed by atoms with E-state index in [9.17, 15) is 0 Å². The molecule has 4 heteroatoms. The van der Waals surface area contributed by atoms with E-state index in [0.29, 0.717) is 0 Å². The van der Waals surface area contributed by atoms with E-state index in [0.717, 1.165) is 33.4 Å². The molecule has 0 unspecified atom stereocenters. The topological polar surface area (TPSA) is 55.8 Å². The lowest BCUT2D eigenvalue weighted by atomic mass is 10.8. The van der Waals surface area contributed by atoms with Crippen molar-refractivity contribution in [3.8, 4) is 0 Å². The Kier molecular flexibility index (Phi) is 31.1. The molecule has 0 atom stereocenters. The number of carboxylic acids is 1. The summed E-state index contributed by atoms with van der Waals surface area (Å²) in [6.07, 6.45) is 0. The number of aliphatic carboxylic acids is 1. The third-order valence-corrected chi connectivity index (χ3v) is 0.816. The van der Waals surface area contributed by atoms with E-state index in [-0.39, 0.29) is 0 Å². The zero-order valence-electron chi connectivity index (χ0n) is 10.0. The highest BCUT2D eigenvalue weighted by atomic mass is 16.5. The minimum atomic E-state index is -0.833. The lowest BCUT2D eigenvalue weighted by Crippen LogP contribution is -1.84. The third-order valence-electron chi connectivity index (χ3n) is 0.816. The van der Waals surface area contributed by atoms with E-state index in [4.69, 9.17) is 19.4 Å². The highest BCUT2D eigenvalue weighted by molar-refractivity contribution is 5.62. The lowest BCUT2D eigenvalue weighted by Gasteiger charge is -1.86. The molecular weight excluding hydrogens is 184 g/mol. The summed E-state index contributed by atoms with van der Waals surface area (Å²) < 4.78 is 9.67. The number of carboxylic acid groups (broad SMARTS) is 1. The number of hydrogen-bond donors (Lipinski definition) is 1. The summed E-state index contributed by atoms with van der Waals surface area (Å²) in [4.78, 5) is 9.00. The van der Waals surface area contributed by atoms with Gasteiger partial charge in [-0.25, -0.2) is 0 Å². The third kappa shape index (κ3) is 107. The maximum atomic E-state index is 9.00. The molecule has 0 amide bonds. The van der Waals surface area contributed by atoms with Gasteiger partial charge in [0.25, 0.3) is 5.97 Å². The molecule has 0 rings (SSSR count). The Balaban J connectivity index is -0.000000131. The number of hydrogen-bond acceptors (Lipinski definition) is 3. The first-order valence-electron chi connectivity index (χ1n) is 4.91. The normalized spacial score (nSPS) is 7.79. The van der Waals surface area contributed by atoms with Gasteiger partial charge in [-0.2, -0.15) is 0 Å². The van der Waals surface area contributed by atoms with E-state index in [1.807, 2.05) is 27.7 Å². The summed E-state index contributed by atoms with van der Waals surface area (Å²) >= 11 is 0. The van der Waals surface area contributed by atoms with E-state index >= 15 is 0 Å². The van der Waals surface area contributed by atoms with Crippen molar-refractivity contribution >= 4 is 5.97 Å². The summed E-state index contributed by atoms with van der Waals surface area (Å²) in [5.41, 5.74) is 0. The molecule has 0 aromatic heterocycles. The molecule has 1 N–H and O–H groups in total. The van der Waals surface area contributed by atoms with Gasteiger partial charge in [0.2, 0.25) is 0 Å². The second-order valence-electron chi connectivity index (χ2n) is 2.08. The molecule has 0 fully saturated rings. The van der Waals surface area contributed by atoms with Crippen molar-refractivity contribution in [2.75, 3.05) is 26.4 Å². The van der Waals surface area contributed by atoms with E-state index in [2.05, 4.69) is 0 Å². The largest absolute Gasteiger partial charge is 0.481 e. The van der Waals surface area contributed by atoms with Gasteiger partial charge in [-0.05, 0) is 27.7 Å². The van der Waals surface area contributed by atoms with E-state index in [1.165, 1.54) is 0 Å². The lowest BCUT2D eigenvalue weighted by molar-refractivity contribution is -0.134. The molecule has 0 saturated heterocycles. The maximum Gasteiger partial charge on any atom is 0.300 e. The molecule has 0 aliphatic rings. The Hall–Kier alpha value is -0.610. The first-order chi connectivity index (χ1) is 6.56. The second kappa shape index (κ2) is 22.8. The van der Waals surface area contributed by atoms with Gasteiger partial charge in [-0.3, -0.25) is 4.79 Å². The maximum absolute atomic E-state index is 9.00. The van der Waals surface area contributed by atoms with Gasteiger partial charge in [-0.15, -0.1) is 0 Å². The van der Waals surface area contributed by atoms with Crippen molar-refractivity contribution in [2.45, 2.75) is 34.6 Å². The van der Waals surface area contributed by atoms with Gasteiger partial charge >= 0.3 is 0 Å². The van der Waals surface area contributed by atoms with Gasteiger partial charge in [0, 0.05) is 33.4 Å². The van der Waals surface area contributed by atoms with Gasteiger partial charge in [0.1, 0.15) is 0 Å². The number of carbonyl (C=O) groups is 1. The van der Waals surface area contributed by atoms with Crippen LogP contribution >= 0.6 is 0 Å². The van der Waals surface area contributed by atoms with Crippen molar-refractivity contribution in [1.29, 1.82) is 0 Å². The highest BCUT2D eigenvalue weighted by Crippen LogP contribution is 1.64. The average molecular weight is 208 g/mol. The summed E-state index contributed by atoms with van der Waals surface area (Å²) in [7, 11) is 0. The van der Waals surface area contributed by atoms with Gasteiger partial charge < -0.3 is 14.6 Å². The van der Waals surface area contributed by atoms with Crippen molar-refractivity contribution < 1.29 is 19.4 Å². The van der Waals surface area contributed by atoms with Crippen molar-refractivity contribution in [1.82, 2.24) is 0 Å². The fourth-order valence-electron chi connectivity index (χ4n) is 0.408. The van der Waals surface area contributed by atoms with Crippen molar-refractivity contribution in [3.63, 3.8) is 0 Å². The molecule has 88 valence electrons. The van der Waals surface area contributed by atoms with Crippen LogP contribution in [0.25, 0.3) is 0 Å². The van der Waals surface area contributed by atoms with Crippen LogP contribution in [0.5, 0.6) is 0 Å². The predicted molar refractivity (Wildman–Crippen MR) is 57.6 cm³/mol. The quantitative estimate of drug-likeness (QED) is 0.769. The predicted octanol–water partition coefficient (Wildman–Crippen LogP) is 2.18. The second-order valence-corrected chi connectivity index (χ2v) is 2.08.